The zero-order valence-corrected chi connectivity index (χ0v) is 12.9. The summed E-state index contributed by atoms with van der Waals surface area (Å²) in [7, 11) is 0. The molecule has 1 aliphatic carbocycles. The van der Waals surface area contributed by atoms with Gasteiger partial charge in [0.25, 0.3) is 0 Å². The Hall–Kier alpha value is -0.790. The van der Waals surface area contributed by atoms with Crippen molar-refractivity contribution in [3.8, 4) is 0 Å². The van der Waals surface area contributed by atoms with Gasteiger partial charge >= 0.3 is 5.97 Å². The topological polar surface area (TPSA) is 86.9 Å². The molecule has 2 saturated heterocycles. The van der Waals surface area contributed by atoms with Crippen molar-refractivity contribution in [1.29, 1.82) is 0 Å². The molecule has 2 aliphatic heterocycles. The Balaban J connectivity index is 1.63. The third-order valence-corrected chi connectivity index (χ3v) is 6.09. The summed E-state index contributed by atoms with van der Waals surface area (Å²) in [5.74, 6) is 0.116. The van der Waals surface area contributed by atoms with Crippen LogP contribution in [0.5, 0.6) is 0 Å². The van der Waals surface area contributed by atoms with Crippen molar-refractivity contribution in [3.63, 3.8) is 0 Å². The minimum Gasteiger partial charge on any atom is -0.480 e. The van der Waals surface area contributed by atoms with E-state index in [0.29, 0.717) is 18.2 Å². The molecule has 0 bridgehead atoms. The average Bonchev–Trinajstić information content (AvgIpc) is 3.19. The van der Waals surface area contributed by atoms with Crippen LogP contribution in [0.15, 0.2) is 0 Å². The summed E-state index contributed by atoms with van der Waals surface area (Å²) in [6.45, 7) is 2.00. The van der Waals surface area contributed by atoms with Gasteiger partial charge in [-0.25, -0.2) is 4.79 Å². The van der Waals surface area contributed by atoms with Gasteiger partial charge in [0.15, 0.2) is 0 Å². The van der Waals surface area contributed by atoms with Crippen molar-refractivity contribution < 1.29 is 14.7 Å². The number of aliphatic carboxylic acids is 1. The molecule has 1 saturated carbocycles. The molecule has 0 aromatic rings. The molecule has 3 fully saturated rings. The third kappa shape index (κ3) is 3.35. The minimum absolute atomic E-state index is 0.0280. The quantitative estimate of drug-likeness (QED) is 0.770. The van der Waals surface area contributed by atoms with Crippen LogP contribution >= 0.6 is 11.8 Å². The first-order chi connectivity index (χ1) is 10.1. The van der Waals surface area contributed by atoms with Gasteiger partial charge in [0.2, 0.25) is 5.91 Å². The molecule has 3 N–H and O–H groups in total. The lowest BCUT2D eigenvalue weighted by Gasteiger charge is -2.33. The highest BCUT2D eigenvalue weighted by atomic mass is 32.2. The first-order valence-corrected chi connectivity index (χ1v) is 8.74. The number of nitrogens with two attached hydrogens (primary N) is 1. The van der Waals surface area contributed by atoms with Crippen LogP contribution in [-0.4, -0.2) is 69.6 Å². The largest absolute Gasteiger partial charge is 0.480 e. The van der Waals surface area contributed by atoms with E-state index in [1.54, 1.807) is 16.7 Å². The Kier molecular flexibility index (Phi) is 4.42. The van der Waals surface area contributed by atoms with Gasteiger partial charge in [-0.3, -0.25) is 9.69 Å². The number of hydrogen-bond donors (Lipinski definition) is 2. The second-order valence-electron chi connectivity index (χ2n) is 6.33. The normalized spacial score (nSPS) is 31.6. The van der Waals surface area contributed by atoms with E-state index in [-0.39, 0.29) is 17.3 Å². The number of nitrogens with zero attached hydrogens (tertiary/aromatic N) is 2. The molecule has 2 unspecified atom stereocenters. The molecule has 0 aromatic carbocycles. The zero-order chi connectivity index (χ0) is 15.0. The highest BCUT2D eigenvalue weighted by Gasteiger charge is 2.48. The molecule has 6 nitrogen and oxygen atoms in total. The molecular formula is C14H23N3O3S. The number of likely N-dealkylation sites (tertiary alicyclic amines) is 1. The molecule has 1 amide bonds. The molecule has 3 aliphatic rings. The van der Waals surface area contributed by atoms with Crippen molar-refractivity contribution in [2.75, 3.05) is 25.4 Å². The van der Waals surface area contributed by atoms with Crippen LogP contribution in [-0.2, 0) is 9.59 Å². The standard InChI is InChI=1S/C14H23N3O3S/c15-10-3-5-16(6-4-10)7-12(18)17-11(14(19)20)8-21-13(17)9-1-2-9/h9-11,13H,1-8,15H2,(H,19,20). The van der Waals surface area contributed by atoms with Crippen LogP contribution in [0.4, 0.5) is 0 Å². The number of carbonyl (C=O) groups excluding carboxylic acids is 1. The molecular weight excluding hydrogens is 290 g/mol. The van der Waals surface area contributed by atoms with E-state index in [2.05, 4.69) is 4.90 Å². The minimum atomic E-state index is -0.875. The first kappa shape index (κ1) is 15.1. The van der Waals surface area contributed by atoms with Crippen LogP contribution in [0.2, 0.25) is 0 Å². The monoisotopic (exact) mass is 313 g/mol. The number of carboxylic acid groups (broad SMARTS) is 1. The lowest BCUT2D eigenvalue weighted by molar-refractivity contribution is -0.149. The summed E-state index contributed by atoms with van der Waals surface area (Å²) in [5, 5.41) is 9.43. The van der Waals surface area contributed by atoms with Gasteiger partial charge in [0.1, 0.15) is 6.04 Å². The predicted octanol–water partition coefficient (Wildman–Crippen LogP) is 0.174. The van der Waals surface area contributed by atoms with Crippen molar-refractivity contribution in [1.82, 2.24) is 9.80 Å². The Morgan fingerprint density at radius 2 is 1.86 bits per heavy atom. The molecule has 0 radical (unpaired) electrons. The highest BCUT2D eigenvalue weighted by molar-refractivity contribution is 8.00. The fraction of sp³-hybridized carbons (Fsp3) is 0.857. The summed E-state index contributed by atoms with van der Waals surface area (Å²) in [4.78, 5) is 27.8. The van der Waals surface area contributed by atoms with E-state index < -0.39 is 12.0 Å². The SMILES string of the molecule is NC1CCN(CC(=O)N2C(C(=O)O)CSC2C2CC2)CC1. The number of rotatable bonds is 4. The van der Waals surface area contributed by atoms with E-state index in [0.717, 1.165) is 38.8 Å². The van der Waals surface area contributed by atoms with Crippen LogP contribution < -0.4 is 5.73 Å². The molecule has 0 spiro atoms. The van der Waals surface area contributed by atoms with Crippen LogP contribution in [0.25, 0.3) is 0 Å². The molecule has 21 heavy (non-hydrogen) atoms. The van der Waals surface area contributed by atoms with E-state index >= 15 is 0 Å². The Morgan fingerprint density at radius 3 is 2.43 bits per heavy atom. The Morgan fingerprint density at radius 1 is 1.19 bits per heavy atom. The highest BCUT2D eigenvalue weighted by Crippen LogP contribution is 2.45. The molecule has 7 heteroatoms. The summed E-state index contributed by atoms with van der Waals surface area (Å²) in [6.07, 6.45) is 4.06. The van der Waals surface area contributed by atoms with Crippen LogP contribution in [0.1, 0.15) is 25.7 Å². The zero-order valence-electron chi connectivity index (χ0n) is 12.1. The molecule has 2 atom stereocenters. The van der Waals surface area contributed by atoms with E-state index in [1.165, 1.54) is 0 Å². The summed E-state index contributed by atoms with van der Waals surface area (Å²) in [6, 6.07) is -0.412. The van der Waals surface area contributed by atoms with Gasteiger partial charge in [0, 0.05) is 24.9 Å². The number of hydrogen-bond acceptors (Lipinski definition) is 5. The van der Waals surface area contributed by atoms with E-state index in [9.17, 15) is 14.7 Å². The maximum absolute atomic E-state index is 12.6. The predicted molar refractivity (Wildman–Crippen MR) is 80.9 cm³/mol. The second kappa shape index (κ2) is 6.14. The fourth-order valence-electron chi connectivity index (χ4n) is 3.16. The van der Waals surface area contributed by atoms with Crippen LogP contribution in [0, 0.1) is 5.92 Å². The van der Waals surface area contributed by atoms with E-state index in [1.807, 2.05) is 0 Å². The number of carboxylic acids is 1. The van der Waals surface area contributed by atoms with Crippen molar-refractivity contribution >= 4 is 23.6 Å². The smallest absolute Gasteiger partial charge is 0.327 e. The summed E-state index contributed by atoms with van der Waals surface area (Å²) < 4.78 is 0. The van der Waals surface area contributed by atoms with E-state index in [4.69, 9.17) is 5.73 Å². The van der Waals surface area contributed by atoms with Crippen LogP contribution in [0.3, 0.4) is 0 Å². The molecule has 3 rings (SSSR count). The number of carbonyl (C=O) groups is 2. The maximum atomic E-state index is 12.6. The third-order valence-electron chi connectivity index (χ3n) is 4.62. The lowest BCUT2D eigenvalue weighted by Crippen LogP contribution is -2.51. The van der Waals surface area contributed by atoms with Crippen molar-refractivity contribution in [2.24, 2.45) is 11.7 Å². The van der Waals surface area contributed by atoms with Gasteiger partial charge in [-0.2, -0.15) is 0 Å². The molecule has 118 valence electrons. The maximum Gasteiger partial charge on any atom is 0.327 e. The second-order valence-corrected chi connectivity index (χ2v) is 7.48. The van der Waals surface area contributed by atoms with Gasteiger partial charge in [-0.15, -0.1) is 11.8 Å². The van der Waals surface area contributed by atoms with Crippen molar-refractivity contribution in [3.05, 3.63) is 0 Å². The Bertz CT molecular complexity index is 422. The van der Waals surface area contributed by atoms with Gasteiger partial charge in [0.05, 0.1) is 11.9 Å². The number of thioether (sulfide) groups is 1. The Labute approximate surface area is 129 Å². The first-order valence-electron chi connectivity index (χ1n) is 7.70. The summed E-state index contributed by atoms with van der Waals surface area (Å²) >= 11 is 1.63. The fourth-order valence-corrected chi connectivity index (χ4v) is 4.81. The summed E-state index contributed by atoms with van der Waals surface area (Å²) in [5.41, 5.74) is 5.88. The van der Waals surface area contributed by atoms with Gasteiger partial charge < -0.3 is 15.7 Å². The molecule has 2 heterocycles. The number of piperidine rings is 1. The van der Waals surface area contributed by atoms with Gasteiger partial charge in [-0.05, 0) is 31.6 Å². The lowest BCUT2D eigenvalue weighted by atomic mass is 10.1. The average molecular weight is 313 g/mol. The van der Waals surface area contributed by atoms with Crippen molar-refractivity contribution in [2.45, 2.75) is 43.1 Å². The molecule has 0 aromatic heterocycles. The van der Waals surface area contributed by atoms with Gasteiger partial charge in [-0.1, -0.05) is 0 Å². The number of amides is 1.